The highest BCUT2D eigenvalue weighted by Crippen LogP contribution is 2.14. The molecule has 7 nitrogen and oxygen atoms in total. The van der Waals surface area contributed by atoms with Gasteiger partial charge < -0.3 is 19.9 Å². The molecule has 0 aliphatic rings. The van der Waals surface area contributed by atoms with Crippen molar-refractivity contribution in [1.29, 1.82) is 0 Å². The van der Waals surface area contributed by atoms with Gasteiger partial charge in [0.1, 0.15) is 18.2 Å². The minimum atomic E-state index is -1.13. The van der Waals surface area contributed by atoms with Crippen molar-refractivity contribution in [2.75, 3.05) is 18.1 Å². The lowest BCUT2D eigenvalue weighted by Gasteiger charge is -2.21. The van der Waals surface area contributed by atoms with E-state index in [9.17, 15) is 19.5 Å². The van der Waals surface area contributed by atoms with E-state index in [0.717, 1.165) is 12.8 Å². The molecule has 36 heavy (non-hydrogen) atoms. The number of nitrogens with one attached hydrogen (secondary N) is 1. The standard InChI is InChI=1S/C28H53NO6S/c1-5-6-7-8-9-10-11-12-13-14-15-16-17-18-19-20-25(30)34-21-22-36-23-24(26(31)32)29-27(33)35-28(2,3)4/h24H,5-23H2,1-4H3,(H,29,33)(H,31,32)/t24-/m0/s1. The zero-order valence-corrected chi connectivity index (χ0v) is 24.2. The van der Waals surface area contributed by atoms with Gasteiger partial charge >= 0.3 is 18.0 Å². The van der Waals surface area contributed by atoms with Crippen molar-refractivity contribution in [3.05, 3.63) is 0 Å². The molecule has 0 aromatic heterocycles. The minimum Gasteiger partial charge on any atom is -0.480 e. The van der Waals surface area contributed by atoms with E-state index < -0.39 is 23.7 Å². The molecular formula is C28H53NO6S. The molecule has 212 valence electrons. The Labute approximate surface area is 224 Å². The molecule has 0 bridgehead atoms. The molecule has 0 unspecified atom stereocenters. The van der Waals surface area contributed by atoms with Gasteiger partial charge in [-0.05, 0) is 27.2 Å². The van der Waals surface area contributed by atoms with Crippen molar-refractivity contribution < 1.29 is 29.0 Å². The number of carbonyl (C=O) groups excluding carboxylic acids is 2. The van der Waals surface area contributed by atoms with Gasteiger partial charge in [-0.3, -0.25) is 4.79 Å². The van der Waals surface area contributed by atoms with E-state index in [1.165, 1.54) is 95.2 Å². The Bertz CT molecular complexity index is 579. The summed E-state index contributed by atoms with van der Waals surface area (Å²) in [6, 6.07) is -1.05. The molecule has 8 heteroatoms. The van der Waals surface area contributed by atoms with Crippen LogP contribution >= 0.6 is 11.8 Å². The quantitative estimate of drug-likeness (QED) is 0.104. The topological polar surface area (TPSA) is 102 Å². The largest absolute Gasteiger partial charge is 0.480 e. The molecule has 1 atom stereocenters. The summed E-state index contributed by atoms with van der Waals surface area (Å²) in [4.78, 5) is 34.9. The Hall–Kier alpha value is -1.44. The van der Waals surface area contributed by atoms with E-state index in [-0.39, 0.29) is 18.3 Å². The molecule has 0 spiro atoms. The van der Waals surface area contributed by atoms with Gasteiger partial charge in [-0.15, -0.1) is 0 Å². The zero-order valence-electron chi connectivity index (χ0n) is 23.4. The first kappa shape index (κ1) is 34.6. The van der Waals surface area contributed by atoms with Crippen LogP contribution in [0.4, 0.5) is 4.79 Å². The first-order valence-corrected chi connectivity index (χ1v) is 15.3. The van der Waals surface area contributed by atoms with Crippen molar-refractivity contribution >= 4 is 29.8 Å². The third-order valence-corrected chi connectivity index (χ3v) is 6.77. The number of thioether (sulfide) groups is 1. The summed E-state index contributed by atoms with van der Waals surface area (Å²) < 4.78 is 10.3. The number of rotatable bonds is 23. The highest BCUT2D eigenvalue weighted by Gasteiger charge is 2.23. The number of alkyl carbamates (subject to hydrolysis) is 1. The van der Waals surface area contributed by atoms with Crippen molar-refractivity contribution in [2.45, 2.75) is 142 Å². The molecule has 1 amide bonds. The van der Waals surface area contributed by atoms with Crippen molar-refractivity contribution in [3.8, 4) is 0 Å². The number of carboxylic acid groups (broad SMARTS) is 1. The Morgan fingerprint density at radius 1 is 0.806 bits per heavy atom. The van der Waals surface area contributed by atoms with Gasteiger partial charge in [0.25, 0.3) is 0 Å². The van der Waals surface area contributed by atoms with Crippen LogP contribution in [-0.4, -0.2) is 52.9 Å². The van der Waals surface area contributed by atoms with Crippen LogP contribution < -0.4 is 5.32 Å². The lowest BCUT2D eigenvalue weighted by atomic mass is 10.0. The number of unbranched alkanes of at least 4 members (excludes halogenated alkanes) is 14. The van der Waals surface area contributed by atoms with Gasteiger partial charge in [0.05, 0.1) is 0 Å². The summed E-state index contributed by atoms with van der Waals surface area (Å²) in [5.74, 6) is -0.680. The predicted molar refractivity (Wildman–Crippen MR) is 149 cm³/mol. The summed E-state index contributed by atoms with van der Waals surface area (Å²) in [6.45, 7) is 7.64. The van der Waals surface area contributed by atoms with Crippen LogP contribution in [0.5, 0.6) is 0 Å². The van der Waals surface area contributed by atoms with E-state index in [2.05, 4.69) is 12.2 Å². The van der Waals surface area contributed by atoms with Gasteiger partial charge in [-0.2, -0.15) is 11.8 Å². The summed E-state index contributed by atoms with van der Waals surface area (Å²) >= 11 is 1.31. The molecule has 0 fully saturated rings. The van der Waals surface area contributed by atoms with Crippen LogP contribution in [0.25, 0.3) is 0 Å². The lowest BCUT2D eigenvalue weighted by molar-refractivity contribution is -0.143. The van der Waals surface area contributed by atoms with Crippen molar-refractivity contribution in [1.82, 2.24) is 5.32 Å². The molecule has 0 rings (SSSR count). The maximum Gasteiger partial charge on any atom is 0.408 e. The number of carboxylic acids is 1. The van der Waals surface area contributed by atoms with Crippen LogP contribution in [0.3, 0.4) is 0 Å². The van der Waals surface area contributed by atoms with E-state index in [1.54, 1.807) is 20.8 Å². The second kappa shape index (κ2) is 22.7. The fraction of sp³-hybridized carbons (Fsp3) is 0.893. The average molecular weight is 532 g/mol. The van der Waals surface area contributed by atoms with E-state index in [4.69, 9.17) is 9.47 Å². The normalized spacial score (nSPS) is 12.2. The third-order valence-electron chi connectivity index (χ3n) is 5.75. The maximum atomic E-state index is 11.9. The third kappa shape index (κ3) is 24.3. The van der Waals surface area contributed by atoms with Gasteiger partial charge in [0, 0.05) is 17.9 Å². The van der Waals surface area contributed by atoms with Crippen molar-refractivity contribution in [2.24, 2.45) is 0 Å². The zero-order chi connectivity index (χ0) is 27.1. The summed E-state index contributed by atoms with van der Waals surface area (Å²) in [5, 5.41) is 11.6. The molecule has 0 aliphatic carbocycles. The molecular weight excluding hydrogens is 478 g/mol. The van der Waals surface area contributed by atoms with Gasteiger partial charge in [0.15, 0.2) is 0 Å². The Kier molecular flexibility index (Phi) is 21.8. The fourth-order valence-corrected chi connectivity index (χ4v) is 4.58. The lowest BCUT2D eigenvalue weighted by Crippen LogP contribution is -2.45. The van der Waals surface area contributed by atoms with Crippen LogP contribution in [0, 0.1) is 0 Å². The number of amides is 1. The number of aliphatic carboxylic acids is 1. The van der Waals surface area contributed by atoms with E-state index >= 15 is 0 Å². The minimum absolute atomic E-state index is 0.172. The molecule has 0 heterocycles. The molecule has 0 saturated heterocycles. The van der Waals surface area contributed by atoms with Crippen LogP contribution in [-0.2, 0) is 19.1 Å². The van der Waals surface area contributed by atoms with Crippen LogP contribution in [0.2, 0.25) is 0 Å². The number of hydrogen-bond acceptors (Lipinski definition) is 6. The van der Waals surface area contributed by atoms with Crippen LogP contribution in [0.1, 0.15) is 130 Å². The highest BCUT2D eigenvalue weighted by molar-refractivity contribution is 7.99. The van der Waals surface area contributed by atoms with Crippen LogP contribution in [0.15, 0.2) is 0 Å². The SMILES string of the molecule is CCCCCCCCCCCCCCCCCC(=O)OCCSC[C@H](NC(=O)OC(C)(C)C)C(=O)O. The average Bonchev–Trinajstić information content (AvgIpc) is 2.79. The maximum absolute atomic E-state index is 11.9. The van der Waals surface area contributed by atoms with Gasteiger partial charge in [-0.1, -0.05) is 96.8 Å². The Morgan fingerprint density at radius 3 is 1.72 bits per heavy atom. The second-order valence-electron chi connectivity index (χ2n) is 10.5. The predicted octanol–water partition coefficient (Wildman–Crippen LogP) is 7.50. The van der Waals surface area contributed by atoms with Gasteiger partial charge in [0.2, 0.25) is 0 Å². The number of ether oxygens (including phenoxy) is 2. The van der Waals surface area contributed by atoms with E-state index in [0.29, 0.717) is 12.2 Å². The molecule has 0 aliphatic heterocycles. The smallest absolute Gasteiger partial charge is 0.408 e. The highest BCUT2D eigenvalue weighted by atomic mass is 32.2. The fourth-order valence-electron chi connectivity index (χ4n) is 3.75. The Balaban J connectivity index is 3.56. The molecule has 2 N–H and O–H groups in total. The van der Waals surface area contributed by atoms with Crippen molar-refractivity contribution in [3.63, 3.8) is 0 Å². The molecule has 0 aromatic rings. The number of hydrogen-bond donors (Lipinski definition) is 2. The summed E-state index contributed by atoms with van der Waals surface area (Å²) in [5.41, 5.74) is -0.693. The van der Waals surface area contributed by atoms with E-state index in [1.807, 2.05) is 0 Å². The number of carbonyl (C=O) groups is 3. The monoisotopic (exact) mass is 531 g/mol. The molecule has 0 aromatic carbocycles. The Morgan fingerprint density at radius 2 is 1.28 bits per heavy atom. The molecule has 0 saturated carbocycles. The second-order valence-corrected chi connectivity index (χ2v) is 11.7. The first-order chi connectivity index (χ1) is 17.2. The summed E-state index contributed by atoms with van der Waals surface area (Å²) in [6.07, 6.45) is 19.0. The molecule has 0 radical (unpaired) electrons. The van der Waals surface area contributed by atoms with Gasteiger partial charge in [-0.25, -0.2) is 9.59 Å². The number of esters is 1. The summed E-state index contributed by atoms with van der Waals surface area (Å²) in [7, 11) is 0. The first-order valence-electron chi connectivity index (χ1n) is 14.1.